The summed E-state index contributed by atoms with van der Waals surface area (Å²) in [5.74, 6) is 0. The van der Waals surface area contributed by atoms with Gasteiger partial charge in [-0.05, 0) is 0 Å². The van der Waals surface area contributed by atoms with Crippen LogP contribution in [-0.4, -0.2) is 0 Å². The molecule has 0 unspecified atom stereocenters. The topological polar surface area (TPSA) is 0 Å². The fourth-order valence-corrected chi connectivity index (χ4v) is 0. The zero-order valence-electron chi connectivity index (χ0n) is 2.26. The SMILES string of the molecule is [Cl-].[Cl-].[Na+].[Nd+3]. The number of hydrogen-bond acceptors (Lipinski definition) is 0. The molecule has 0 atom stereocenters. The summed E-state index contributed by atoms with van der Waals surface area (Å²) in [4.78, 5) is 0. The second-order valence-corrected chi connectivity index (χ2v) is 0. The summed E-state index contributed by atoms with van der Waals surface area (Å²) < 4.78 is 0. The molecule has 0 bridgehead atoms. The summed E-state index contributed by atoms with van der Waals surface area (Å²) in [6, 6.07) is 0. The van der Waals surface area contributed by atoms with Crippen molar-refractivity contribution in [3.05, 3.63) is 0 Å². The van der Waals surface area contributed by atoms with Crippen molar-refractivity contribution in [3.63, 3.8) is 0 Å². The van der Waals surface area contributed by atoms with Gasteiger partial charge in [0.2, 0.25) is 0 Å². The molecule has 0 amide bonds. The van der Waals surface area contributed by atoms with Crippen LogP contribution in [0.4, 0.5) is 0 Å². The largest absolute Gasteiger partial charge is 3.00 e. The van der Waals surface area contributed by atoms with Gasteiger partial charge in [-0.1, -0.05) is 0 Å². The molecule has 0 heterocycles. The van der Waals surface area contributed by atoms with E-state index in [0.717, 1.165) is 0 Å². The quantitative estimate of drug-likeness (QED) is 0.368. The summed E-state index contributed by atoms with van der Waals surface area (Å²) in [5.41, 5.74) is 0. The minimum absolute atomic E-state index is 0. The standard InChI is InChI=1S/2ClH.Na.Nd/h2*1H;;/q;;+1;+3/p-2. The number of hydrogen-bond donors (Lipinski definition) is 0. The summed E-state index contributed by atoms with van der Waals surface area (Å²) in [7, 11) is 0. The third-order valence-electron chi connectivity index (χ3n) is 0. The van der Waals surface area contributed by atoms with Crippen molar-refractivity contribution in [2.75, 3.05) is 0 Å². The summed E-state index contributed by atoms with van der Waals surface area (Å²) in [6.07, 6.45) is 0. The van der Waals surface area contributed by atoms with E-state index >= 15 is 0 Å². The van der Waals surface area contributed by atoms with E-state index in [1.807, 2.05) is 0 Å². The second-order valence-electron chi connectivity index (χ2n) is 0. The van der Waals surface area contributed by atoms with Gasteiger partial charge in [0.05, 0.1) is 0 Å². The van der Waals surface area contributed by atoms with Crippen LogP contribution in [0, 0.1) is 40.8 Å². The van der Waals surface area contributed by atoms with Crippen molar-refractivity contribution in [1.29, 1.82) is 0 Å². The van der Waals surface area contributed by atoms with Crippen molar-refractivity contribution in [2.45, 2.75) is 0 Å². The Balaban J connectivity index is 0. The summed E-state index contributed by atoms with van der Waals surface area (Å²) >= 11 is 0. The monoisotopic (exact) mass is 235 g/mol. The van der Waals surface area contributed by atoms with E-state index in [9.17, 15) is 0 Å². The van der Waals surface area contributed by atoms with Crippen LogP contribution in [0.2, 0.25) is 0 Å². The van der Waals surface area contributed by atoms with E-state index in [1.54, 1.807) is 0 Å². The predicted octanol–water partition coefficient (Wildman–Crippen LogP) is -8.99. The molecular weight excluding hydrogens is 238 g/mol. The molecule has 4 heavy (non-hydrogen) atoms. The molecule has 0 rings (SSSR count). The molecule has 0 nitrogen and oxygen atoms in total. The van der Waals surface area contributed by atoms with E-state index in [2.05, 4.69) is 0 Å². The molecule has 0 saturated heterocycles. The van der Waals surface area contributed by atoms with Gasteiger partial charge < -0.3 is 24.8 Å². The molecule has 4 heteroatoms. The van der Waals surface area contributed by atoms with Crippen molar-refractivity contribution in [1.82, 2.24) is 0 Å². The van der Waals surface area contributed by atoms with Gasteiger partial charge >= 0.3 is 70.4 Å². The minimum atomic E-state index is 0. The number of halogens is 2. The Hall–Kier alpha value is 2.93. The van der Waals surface area contributed by atoms with Crippen LogP contribution < -0.4 is 54.4 Å². The molecule has 0 aliphatic rings. The van der Waals surface area contributed by atoms with Crippen LogP contribution in [0.15, 0.2) is 0 Å². The fraction of sp³-hybridized carbons (Fsp3) is 0. The molecule has 0 saturated carbocycles. The summed E-state index contributed by atoms with van der Waals surface area (Å²) in [6.45, 7) is 0. The Morgan fingerprint density at radius 3 is 0.750 bits per heavy atom. The zero-order chi connectivity index (χ0) is 0. The zero-order valence-corrected chi connectivity index (χ0v) is 8.98. The molecule has 0 N–H and O–H groups in total. The second kappa shape index (κ2) is 16.8. The van der Waals surface area contributed by atoms with Crippen LogP contribution in [0.1, 0.15) is 0 Å². The maximum Gasteiger partial charge on any atom is 3.00 e. The first-order valence-electron chi connectivity index (χ1n) is 0. The van der Waals surface area contributed by atoms with Gasteiger partial charge in [0.1, 0.15) is 0 Å². The van der Waals surface area contributed by atoms with Crippen molar-refractivity contribution in [2.24, 2.45) is 0 Å². The van der Waals surface area contributed by atoms with E-state index in [4.69, 9.17) is 0 Å². The molecule has 0 aliphatic heterocycles. The minimum Gasteiger partial charge on any atom is -1.00 e. The Morgan fingerprint density at radius 2 is 0.750 bits per heavy atom. The van der Waals surface area contributed by atoms with Crippen LogP contribution in [0.3, 0.4) is 0 Å². The molecule has 0 aromatic rings. The Bertz CT molecular complexity index is 6.00. The van der Waals surface area contributed by atoms with E-state index in [0.29, 0.717) is 0 Å². The first-order valence-corrected chi connectivity index (χ1v) is 0. The molecule has 17 valence electrons. The van der Waals surface area contributed by atoms with Crippen LogP contribution >= 0.6 is 0 Å². The van der Waals surface area contributed by atoms with Crippen molar-refractivity contribution in [3.8, 4) is 0 Å². The van der Waals surface area contributed by atoms with E-state index in [1.165, 1.54) is 0 Å². The normalized spacial score (nSPS) is 0. The summed E-state index contributed by atoms with van der Waals surface area (Å²) in [5, 5.41) is 0. The van der Waals surface area contributed by atoms with Gasteiger partial charge in [0, 0.05) is 0 Å². The molecule has 0 aromatic heterocycles. The van der Waals surface area contributed by atoms with Crippen LogP contribution in [0.25, 0.3) is 0 Å². The third kappa shape index (κ3) is 8.87. The Labute approximate surface area is 93.1 Å². The molecule has 0 spiro atoms. The van der Waals surface area contributed by atoms with Gasteiger partial charge in [0.15, 0.2) is 0 Å². The molecule has 0 fully saturated rings. The maximum atomic E-state index is 0. The number of rotatable bonds is 0. The molecule has 0 aromatic carbocycles. The molecule has 0 aliphatic carbocycles. The third-order valence-corrected chi connectivity index (χ3v) is 0. The van der Waals surface area contributed by atoms with Gasteiger partial charge in [-0.15, -0.1) is 0 Å². The van der Waals surface area contributed by atoms with Crippen LogP contribution in [0.5, 0.6) is 0 Å². The maximum absolute atomic E-state index is 0. The van der Waals surface area contributed by atoms with E-state index < -0.39 is 0 Å². The first kappa shape index (κ1) is 28.4. The average molecular weight is 238 g/mol. The molecule has 1 radical (unpaired) electrons. The smallest absolute Gasteiger partial charge is 1.00 e. The average Bonchev–Trinajstić information content (AvgIpc) is 0. The molecular formula is Cl2NaNd+2. The predicted molar refractivity (Wildman–Crippen MR) is 0 cm³/mol. The Kier molecular flexibility index (Phi) is 119. The fourth-order valence-electron chi connectivity index (χ4n) is 0. The van der Waals surface area contributed by atoms with E-state index in [-0.39, 0.29) is 95.2 Å². The van der Waals surface area contributed by atoms with Crippen molar-refractivity contribution < 1.29 is 95.2 Å². The van der Waals surface area contributed by atoms with Gasteiger partial charge in [-0.2, -0.15) is 0 Å². The van der Waals surface area contributed by atoms with Crippen molar-refractivity contribution >= 4 is 0 Å². The Morgan fingerprint density at radius 1 is 0.750 bits per heavy atom. The van der Waals surface area contributed by atoms with Crippen LogP contribution in [-0.2, 0) is 0 Å². The first-order chi connectivity index (χ1) is 0. The van der Waals surface area contributed by atoms with Gasteiger partial charge in [-0.25, -0.2) is 0 Å². The van der Waals surface area contributed by atoms with Gasteiger partial charge in [-0.3, -0.25) is 0 Å². The van der Waals surface area contributed by atoms with Gasteiger partial charge in [0.25, 0.3) is 0 Å².